The molecule has 0 unspecified atom stereocenters. The van der Waals surface area contributed by atoms with Crippen LogP contribution in [0.4, 0.5) is 17.3 Å². The smallest absolute Gasteiger partial charge is 0.276 e. The van der Waals surface area contributed by atoms with Gasteiger partial charge >= 0.3 is 0 Å². The third kappa shape index (κ3) is 2.94. The maximum absolute atomic E-state index is 10.8. The Hall–Kier alpha value is -2.71. The normalized spacial score (nSPS) is 10.2. The molecule has 0 fully saturated rings. The minimum atomic E-state index is -0.462. The largest absolute Gasteiger partial charge is 0.373 e. The number of nitro groups is 1. The summed E-state index contributed by atoms with van der Waals surface area (Å²) >= 11 is 0. The van der Waals surface area contributed by atoms with Crippen LogP contribution in [0, 0.1) is 10.1 Å². The highest BCUT2D eigenvalue weighted by molar-refractivity contribution is 5.54. The van der Waals surface area contributed by atoms with Gasteiger partial charge < -0.3 is 15.2 Å². The molecule has 0 bridgehead atoms. The molecular weight excluding hydrogens is 250 g/mol. The van der Waals surface area contributed by atoms with Gasteiger partial charge in [-0.2, -0.15) is 0 Å². The number of pyridine rings is 1. The van der Waals surface area contributed by atoms with E-state index in [-0.39, 0.29) is 5.69 Å². The van der Waals surface area contributed by atoms with Gasteiger partial charge in [-0.3, -0.25) is 10.1 Å². The van der Waals surface area contributed by atoms with E-state index in [0.29, 0.717) is 24.0 Å². The van der Waals surface area contributed by atoms with Crippen LogP contribution >= 0.6 is 0 Å². The van der Waals surface area contributed by atoms with E-state index in [2.05, 4.69) is 25.8 Å². The first-order valence-corrected chi connectivity index (χ1v) is 5.51. The van der Waals surface area contributed by atoms with Crippen molar-refractivity contribution in [2.45, 2.75) is 6.54 Å². The molecule has 9 heteroatoms. The Labute approximate surface area is 108 Å². The summed E-state index contributed by atoms with van der Waals surface area (Å²) in [5, 5.41) is 24.2. The van der Waals surface area contributed by atoms with Crippen molar-refractivity contribution in [2.24, 2.45) is 7.05 Å². The fourth-order valence-corrected chi connectivity index (χ4v) is 1.48. The van der Waals surface area contributed by atoms with Crippen molar-refractivity contribution < 1.29 is 4.92 Å². The average Bonchev–Trinajstić information content (AvgIpc) is 2.81. The molecule has 2 rings (SSSR count). The molecule has 0 saturated heterocycles. The molecule has 2 heterocycles. The number of nitrogens with zero attached hydrogens (tertiary/aromatic N) is 5. The SMILES string of the molecule is CNc1cc([N+](=O)[O-])cc(NCc2nncn2C)n1. The first-order chi connectivity index (χ1) is 9.10. The average molecular weight is 263 g/mol. The molecule has 100 valence electrons. The molecule has 0 saturated carbocycles. The molecule has 9 nitrogen and oxygen atoms in total. The molecule has 0 amide bonds. The number of rotatable bonds is 5. The number of aromatic nitrogens is 4. The third-order valence-electron chi connectivity index (χ3n) is 2.51. The van der Waals surface area contributed by atoms with Gasteiger partial charge in [-0.15, -0.1) is 10.2 Å². The van der Waals surface area contributed by atoms with Gasteiger partial charge in [-0.05, 0) is 0 Å². The lowest BCUT2D eigenvalue weighted by Crippen LogP contribution is -2.08. The van der Waals surface area contributed by atoms with Crippen molar-refractivity contribution in [1.29, 1.82) is 0 Å². The van der Waals surface area contributed by atoms with Crippen molar-refractivity contribution >= 4 is 17.3 Å². The number of nitrogens with one attached hydrogen (secondary N) is 2. The molecule has 2 aromatic rings. The Kier molecular flexibility index (Phi) is 3.55. The lowest BCUT2D eigenvalue weighted by atomic mass is 10.3. The Balaban J connectivity index is 2.17. The quantitative estimate of drug-likeness (QED) is 0.605. The van der Waals surface area contributed by atoms with E-state index in [1.165, 1.54) is 12.1 Å². The van der Waals surface area contributed by atoms with Crippen LogP contribution in [0.15, 0.2) is 18.5 Å². The van der Waals surface area contributed by atoms with E-state index in [1.54, 1.807) is 17.9 Å². The standard InChI is InChI=1S/C10H13N7O2/c1-11-8-3-7(17(18)19)4-9(14-8)12-5-10-15-13-6-16(10)2/h3-4,6H,5H2,1-2H3,(H2,11,12,14). The number of hydrogen-bond donors (Lipinski definition) is 2. The molecule has 0 spiro atoms. The summed E-state index contributed by atoms with van der Waals surface area (Å²) in [5.41, 5.74) is -0.0279. The van der Waals surface area contributed by atoms with Crippen LogP contribution in [0.1, 0.15) is 5.82 Å². The van der Waals surface area contributed by atoms with E-state index in [9.17, 15) is 10.1 Å². The topological polar surface area (TPSA) is 111 Å². The van der Waals surface area contributed by atoms with Gasteiger partial charge in [0.25, 0.3) is 5.69 Å². The van der Waals surface area contributed by atoms with Crippen molar-refractivity contribution in [3.8, 4) is 0 Å². The molecule has 2 aromatic heterocycles. The molecule has 0 aliphatic heterocycles. The van der Waals surface area contributed by atoms with Gasteiger partial charge in [0.1, 0.15) is 18.0 Å². The molecule has 0 aliphatic carbocycles. The monoisotopic (exact) mass is 263 g/mol. The van der Waals surface area contributed by atoms with Gasteiger partial charge in [-0.25, -0.2) is 4.98 Å². The van der Waals surface area contributed by atoms with Gasteiger partial charge in [0.15, 0.2) is 5.82 Å². The first-order valence-electron chi connectivity index (χ1n) is 5.51. The van der Waals surface area contributed by atoms with Gasteiger partial charge in [0.2, 0.25) is 0 Å². The highest BCUT2D eigenvalue weighted by Gasteiger charge is 2.11. The van der Waals surface area contributed by atoms with Crippen LogP contribution < -0.4 is 10.6 Å². The lowest BCUT2D eigenvalue weighted by molar-refractivity contribution is -0.384. The predicted octanol–water partition coefficient (Wildman–Crippen LogP) is 0.772. The van der Waals surface area contributed by atoms with Crippen LogP contribution in [0.25, 0.3) is 0 Å². The Morgan fingerprint density at radius 1 is 1.42 bits per heavy atom. The second kappa shape index (κ2) is 5.29. The fourth-order valence-electron chi connectivity index (χ4n) is 1.48. The highest BCUT2D eigenvalue weighted by Crippen LogP contribution is 2.20. The van der Waals surface area contributed by atoms with E-state index in [1.807, 2.05) is 7.05 Å². The second-order valence-corrected chi connectivity index (χ2v) is 3.81. The summed E-state index contributed by atoms with van der Waals surface area (Å²) in [6.45, 7) is 0.383. The van der Waals surface area contributed by atoms with Crippen LogP contribution in [0.2, 0.25) is 0 Å². The van der Waals surface area contributed by atoms with Crippen LogP contribution in [0.3, 0.4) is 0 Å². The van der Waals surface area contributed by atoms with Crippen LogP contribution in [-0.4, -0.2) is 31.7 Å². The Morgan fingerprint density at radius 2 is 2.16 bits per heavy atom. The maximum atomic E-state index is 10.8. The maximum Gasteiger partial charge on any atom is 0.276 e. The van der Waals surface area contributed by atoms with E-state index >= 15 is 0 Å². The first kappa shape index (κ1) is 12.7. The molecule has 19 heavy (non-hydrogen) atoms. The molecule has 0 radical (unpaired) electrons. The van der Waals surface area contributed by atoms with Crippen molar-refractivity contribution in [3.63, 3.8) is 0 Å². The zero-order valence-electron chi connectivity index (χ0n) is 10.5. The molecule has 0 aromatic carbocycles. The summed E-state index contributed by atoms with van der Waals surface area (Å²) in [6, 6.07) is 2.74. The fraction of sp³-hybridized carbons (Fsp3) is 0.300. The summed E-state index contributed by atoms with van der Waals surface area (Å²) in [5.74, 6) is 1.54. The zero-order chi connectivity index (χ0) is 13.8. The highest BCUT2D eigenvalue weighted by atomic mass is 16.6. The Morgan fingerprint density at radius 3 is 2.74 bits per heavy atom. The molecule has 2 N–H and O–H groups in total. The summed E-state index contributed by atoms with van der Waals surface area (Å²) in [6.07, 6.45) is 1.58. The zero-order valence-corrected chi connectivity index (χ0v) is 10.5. The predicted molar refractivity (Wildman–Crippen MR) is 68.8 cm³/mol. The molecular formula is C10H13N7O2. The van der Waals surface area contributed by atoms with Crippen molar-refractivity contribution in [1.82, 2.24) is 19.7 Å². The van der Waals surface area contributed by atoms with Gasteiger partial charge in [-0.1, -0.05) is 0 Å². The van der Waals surface area contributed by atoms with Gasteiger partial charge in [0.05, 0.1) is 23.6 Å². The number of anilines is 2. The summed E-state index contributed by atoms with van der Waals surface area (Å²) < 4.78 is 1.75. The van der Waals surface area contributed by atoms with Crippen molar-refractivity contribution in [2.75, 3.05) is 17.7 Å². The van der Waals surface area contributed by atoms with Gasteiger partial charge in [0, 0.05) is 14.1 Å². The van der Waals surface area contributed by atoms with E-state index in [0.717, 1.165) is 0 Å². The lowest BCUT2D eigenvalue weighted by Gasteiger charge is -2.07. The van der Waals surface area contributed by atoms with Crippen LogP contribution in [0.5, 0.6) is 0 Å². The number of aryl methyl sites for hydroxylation is 1. The third-order valence-corrected chi connectivity index (χ3v) is 2.51. The van der Waals surface area contributed by atoms with E-state index in [4.69, 9.17) is 0 Å². The summed E-state index contributed by atoms with van der Waals surface area (Å²) in [4.78, 5) is 14.5. The molecule has 0 atom stereocenters. The Bertz CT molecular complexity index is 595. The minimum Gasteiger partial charge on any atom is -0.373 e. The minimum absolute atomic E-state index is 0.0279. The summed E-state index contributed by atoms with van der Waals surface area (Å²) in [7, 11) is 3.47. The van der Waals surface area contributed by atoms with Crippen molar-refractivity contribution in [3.05, 3.63) is 34.4 Å². The molecule has 0 aliphatic rings. The number of hydrogen-bond acceptors (Lipinski definition) is 7. The van der Waals surface area contributed by atoms with E-state index < -0.39 is 4.92 Å². The second-order valence-electron chi connectivity index (χ2n) is 3.81. The van der Waals surface area contributed by atoms with Crippen LogP contribution in [-0.2, 0) is 13.6 Å².